The molecule has 3 aliphatic heterocycles. The Morgan fingerprint density at radius 1 is 0.353 bits per heavy atom. The summed E-state index contributed by atoms with van der Waals surface area (Å²) in [6, 6.07) is 48.8. The predicted molar refractivity (Wildman–Crippen MR) is 321 cm³/mol. The lowest BCUT2D eigenvalue weighted by atomic mass is 10.1. The van der Waals surface area contributed by atoms with E-state index in [9.17, 15) is 14.7 Å². The summed E-state index contributed by atoms with van der Waals surface area (Å²) in [6.07, 6.45) is 4.05. The van der Waals surface area contributed by atoms with Crippen LogP contribution in [0.3, 0.4) is 0 Å². The summed E-state index contributed by atoms with van der Waals surface area (Å²) in [5, 5.41) is 11.9. The zero-order chi connectivity index (χ0) is 59.1. The average molecular weight is 1170 g/mol. The SMILES string of the molecule is CCCCCCCCCC(=O)OC[C@H]1O[C@H](OC[C@H]2O[C@H](O)[C@@H](OCc3ccccc3)[C@@H]2O[C@H]2O[C@H](COC(=O)CCCCCCCCC)[C@@H](OCc3ccccc3)[C@@H]2OCc2ccccc2)[C@@H](OCc2ccccc2)[C@@H]1OCc1ccccc1. The van der Waals surface area contributed by atoms with Gasteiger partial charge in [0.05, 0.1) is 39.6 Å². The molecule has 15 nitrogen and oxygen atoms in total. The van der Waals surface area contributed by atoms with Crippen LogP contribution in [0.1, 0.15) is 144 Å². The van der Waals surface area contributed by atoms with E-state index in [1.807, 2.05) is 152 Å². The van der Waals surface area contributed by atoms with Gasteiger partial charge in [0.1, 0.15) is 68.1 Å². The van der Waals surface area contributed by atoms with Crippen molar-refractivity contribution in [3.05, 3.63) is 179 Å². The van der Waals surface area contributed by atoms with Crippen molar-refractivity contribution in [1.29, 1.82) is 0 Å². The number of hydrogen-bond acceptors (Lipinski definition) is 15. The molecule has 0 radical (unpaired) electrons. The van der Waals surface area contributed by atoms with Gasteiger partial charge in [0, 0.05) is 12.8 Å². The van der Waals surface area contributed by atoms with Gasteiger partial charge in [0.15, 0.2) is 18.9 Å². The first-order chi connectivity index (χ1) is 41.8. The summed E-state index contributed by atoms with van der Waals surface area (Å²) in [4.78, 5) is 26.7. The Bertz CT molecular complexity index is 2560. The summed E-state index contributed by atoms with van der Waals surface area (Å²) in [5.41, 5.74) is 4.58. The van der Waals surface area contributed by atoms with Crippen molar-refractivity contribution in [3.8, 4) is 0 Å². The summed E-state index contributed by atoms with van der Waals surface area (Å²) >= 11 is 0. The maximum absolute atomic E-state index is 13.4. The normalized spacial score (nSPS) is 24.6. The van der Waals surface area contributed by atoms with E-state index < -0.39 is 73.8 Å². The standard InChI is InChI=1S/C70H92O15/c1-3-5-7-9-11-13-30-42-60(71)74-49-57-62(76-44-52-32-20-15-21-33-52)66(79-47-55-38-26-18-27-39-55)69(83-57)81-51-59-64(65(68(73)82-59)78-46-54-36-24-17-25-37-54)85-70-67(80-48-56-40-28-19-29-41-56)63(77-45-53-34-22-16-23-35-53)58(84-70)50-75-61(72)43-31-14-12-10-8-6-4-2/h15-29,32-41,57-59,62-70,73H,3-14,30-31,42-51H2,1-2H3/t57-,58-,59-,62-,63-,64-,65+,66+,67+,68+,69+,70-/m1/s1. The largest absolute Gasteiger partial charge is 0.463 e. The molecule has 5 aromatic carbocycles. The molecule has 12 atom stereocenters. The maximum Gasteiger partial charge on any atom is 0.305 e. The Morgan fingerprint density at radius 2 is 0.671 bits per heavy atom. The van der Waals surface area contributed by atoms with E-state index in [0.717, 1.165) is 79.2 Å². The van der Waals surface area contributed by atoms with Crippen molar-refractivity contribution in [2.75, 3.05) is 19.8 Å². The van der Waals surface area contributed by atoms with Gasteiger partial charge < -0.3 is 61.9 Å². The lowest BCUT2D eigenvalue weighted by Gasteiger charge is -2.30. The highest BCUT2D eigenvalue weighted by atomic mass is 16.8. The van der Waals surface area contributed by atoms with Crippen LogP contribution in [0.2, 0.25) is 0 Å². The van der Waals surface area contributed by atoms with Gasteiger partial charge >= 0.3 is 11.9 Å². The molecule has 0 saturated carbocycles. The number of carbonyl (C=O) groups excluding carboxylic acids is 2. The molecule has 1 N–H and O–H groups in total. The van der Waals surface area contributed by atoms with Crippen LogP contribution >= 0.6 is 0 Å². The third-order valence-electron chi connectivity index (χ3n) is 15.7. The van der Waals surface area contributed by atoms with E-state index in [0.29, 0.717) is 6.42 Å². The lowest BCUT2D eigenvalue weighted by Crippen LogP contribution is -2.46. The number of aliphatic hydroxyl groups excluding tert-OH is 1. The minimum absolute atomic E-state index is 0.0911. The minimum atomic E-state index is -1.47. The molecule has 0 aromatic heterocycles. The van der Waals surface area contributed by atoms with Crippen LogP contribution in [0.4, 0.5) is 0 Å². The van der Waals surface area contributed by atoms with Crippen LogP contribution in [0.15, 0.2) is 152 Å². The van der Waals surface area contributed by atoms with E-state index >= 15 is 0 Å². The molecule has 8 rings (SSSR count). The molecule has 0 bridgehead atoms. The van der Waals surface area contributed by atoms with Crippen LogP contribution < -0.4 is 0 Å². The van der Waals surface area contributed by atoms with E-state index in [2.05, 4.69) is 13.8 Å². The van der Waals surface area contributed by atoms with Crippen molar-refractivity contribution in [3.63, 3.8) is 0 Å². The molecule has 0 aliphatic carbocycles. The highest BCUT2D eigenvalue weighted by Gasteiger charge is 2.55. The second-order valence-electron chi connectivity index (χ2n) is 22.5. The second-order valence-corrected chi connectivity index (χ2v) is 22.5. The van der Waals surface area contributed by atoms with Gasteiger partial charge in [-0.2, -0.15) is 0 Å². The molecule has 3 heterocycles. The fraction of sp³-hybridized carbons (Fsp3) is 0.543. The Kier molecular flexibility index (Phi) is 28.8. The third kappa shape index (κ3) is 22.1. The summed E-state index contributed by atoms with van der Waals surface area (Å²) in [5.74, 6) is -0.627. The van der Waals surface area contributed by atoms with Gasteiger partial charge in [-0.05, 0) is 40.7 Å². The van der Waals surface area contributed by atoms with E-state index in [1.165, 1.54) is 38.5 Å². The Hall–Kier alpha value is -5.40. The fourth-order valence-corrected chi connectivity index (χ4v) is 11.0. The predicted octanol–water partition coefficient (Wildman–Crippen LogP) is 12.8. The third-order valence-corrected chi connectivity index (χ3v) is 15.7. The zero-order valence-electron chi connectivity index (χ0n) is 50.0. The zero-order valence-corrected chi connectivity index (χ0v) is 50.0. The van der Waals surface area contributed by atoms with Crippen molar-refractivity contribution in [1.82, 2.24) is 0 Å². The maximum atomic E-state index is 13.4. The van der Waals surface area contributed by atoms with Crippen LogP contribution in [0, 0.1) is 0 Å². The van der Waals surface area contributed by atoms with Crippen molar-refractivity contribution in [2.45, 2.75) is 223 Å². The van der Waals surface area contributed by atoms with Crippen LogP contribution in [-0.4, -0.2) is 111 Å². The van der Waals surface area contributed by atoms with E-state index in [-0.39, 0.29) is 71.2 Å². The first-order valence-electron chi connectivity index (χ1n) is 31.4. The van der Waals surface area contributed by atoms with Gasteiger partial charge in [-0.3, -0.25) is 9.59 Å². The number of benzene rings is 5. The second kappa shape index (κ2) is 37.3. The molecule has 0 spiro atoms. The number of carbonyl (C=O) groups is 2. The van der Waals surface area contributed by atoms with Gasteiger partial charge in [0.25, 0.3) is 0 Å². The van der Waals surface area contributed by atoms with Gasteiger partial charge in [0.2, 0.25) is 0 Å². The van der Waals surface area contributed by atoms with Gasteiger partial charge in [-0.25, -0.2) is 0 Å². The number of hydrogen-bond donors (Lipinski definition) is 1. The van der Waals surface area contributed by atoms with Crippen molar-refractivity contribution in [2.24, 2.45) is 0 Å². The average Bonchev–Trinajstić information content (AvgIpc) is 2.98. The van der Waals surface area contributed by atoms with Crippen molar-refractivity contribution >= 4 is 11.9 Å². The van der Waals surface area contributed by atoms with E-state index in [4.69, 9.17) is 56.8 Å². The smallest absolute Gasteiger partial charge is 0.305 e. The first kappa shape index (κ1) is 65.6. The first-order valence-corrected chi connectivity index (χ1v) is 31.4. The molecule has 0 amide bonds. The van der Waals surface area contributed by atoms with Crippen LogP contribution in [0.5, 0.6) is 0 Å². The molecule has 85 heavy (non-hydrogen) atoms. The summed E-state index contributed by atoms with van der Waals surface area (Å²) in [7, 11) is 0. The molecule has 15 heteroatoms. The van der Waals surface area contributed by atoms with Crippen LogP contribution in [-0.2, 0) is 99.5 Å². The number of ether oxygens (including phenoxy) is 12. The van der Waals surface area contributed by atoms with Crippen LogP contribution in [0.25, 0.3) is 0 Å². The molecule has 5 aromatic rings. The van der Waals surface area contributed by atoms with Gasteiger partial charge in [-0.15, -0.1) is 0 Å². The number of unbranched alkanes of at least 4 members (excludes halogenated alkanes) is 12. The molecule has 3 fully saturated rings. The Morgan fingerprint density at radius 3 is 1.06 bits per heavy atom. The summed E-state index contributed by atoms with van der Waals surface area (Å²) < 4.78 is 79.3. The molecule has 0 unspecified atom stereocenters. The Labute approximate surface area is 504 Å². The molecule has 462 valence electrons. The van der Waals surface area contributed by atoms with Crippen molar-refractivity contribution < 1.29 is 71.5 Å². The quantitative estimate of drug-likeness (QED) is 0.0291. The van der Waals surface area contributed by atoms with E-state index in [1.54, 1.807) is 0 Å². The van der Waals surface area contributed by atoms with Gasteiger partial charge in [-0.1, -0.05) is 243 Å². The number of esters is 2. The highest BCUT2D eigenvalue weighted by molar-refractivity contribution is 5.69. The molecular weight excluding hydrogens is 1080 g/mol. The topological polar surface area (TPSA) is 165 Å². The molecule has 3 saturated heterocycles. The number of aliphatic hydroxyl groups is 1. The Balaban J connectivity index is 1.04. The highest BCUT2D eigenvalue weighted by Crippen LogP contribution is 2.37. The monoisotopic (exact) mass is 1170 g/mol. The molecular formula is C70H92O15. The minimum Gasteiger partial charge on any atom is -0.463 e. The number of rotatable bonds is 40. The molecule has 3 aliphatic rings. The fourth-order valence-electron chi connectivity index (χ4n) is 11.0. The summed E-state index contributed by atoms with van der Waals surface area (Å²) in [6.45, 7) is 4.97. The lowest BCUT2D eigenvalue weighted by molar-refractivity contribution is -0.239.